The van der Waals surface area contributed by atoms with E-state index in [4.69, 9.17) is 9.47 Å². The van der Waals surface area contributed by atoms with Crippen molar-refractivity contribution in [2.75, 3.05) is 33.4 Å². The number of rotatable bonds is 5. The Morgan fingerprint density at radius 2 is 1.88 bits per heavy atom. The van der Waals surface area contributed by atoms with E-state index in [9.17, 15) is 4.79 Å². The van der Waals surface area contributed by atoms with Crippen molar-refractivity contribution >= 4 is 5.91 Å². The molecule has 5 rings (SSSR count). The van der Waals surface area contributed by atoms with Crippen molar-refractivity contribution in [3.05, 3.63) is 65.2 Å². The number of benzene rings is 2. The predicted molar refractivity (Wildman–Crippen MR) is 126 cm³/mol. The maximum absolute atomic E-state index is 14.0. The number of hydrogen-bond acceptors (Lipinski definition) is 3. The first-order chi connectivity index (χ1) is 15.6. The number of ether oxygens (including phenoxy) is 2. The topological polar surface area (TPSA) is 38.8 Å². The molecular weight excluding hydrogens is 398 g/mol. The molecule has 2 saturated heterocycles. The number of aryl methyl sites for hydroxylation is 1. The summed E-state index contributed by atoms with van der Waals surface area (Å²) in [7, 11) is 1.73. The van der Waals surface area contributed by atoms with Gasteiger partial charge >= 0.3 is 0 Å². The smallest absolute Gasteiger partial charge is 0.233 e. The van der Waals surface area contributed by atoms with Gasteiger partial charge in [-0.3, -0.25) is 4.79 Å². The molecule has 2 heterocycles. The number of likely N-dealkylation sites (tertiary alicyclic amines) is 1. The van der Waals surface area contributed by atoms with Crippen LogP contribution < -0.4 is 4.74 Å². The Bertz CT molecular complexity index is 947. The quantitative estimate of drug-likeness (QED) is 0.681. The van der Waals surface area contributed by atoms with Crippen LogP contribution in [0.15, 0.2) is 48.5 Å². The Morgan fingerprint density at radius 3 is 2.62 bits per heavy atom. The van der Waals surface area contributed by atoms with Crippen molar-refractivity contribution in [1.29, 1.82) is 0 Å². The highest BCUT2D eigenvalue weighted by molar-refractivity contribution is 5.88. The van der Waals surface area contributed by atoms with Gasteiger partial charge in [0.05, 0.1) is 12.5 Å². The Labute approximate surface area is 191 Å². The summed E-state index contributed by atoms with van der Waals surface area (Å²) in [4.78, 5) is 16.2. The van der Waals surface area contributed by atoms with Crippen molar-refractivity contribution in [1.82, 2.24) is 4.90 Å². The summed E-state index contributed by atoms with van der Waals surface area (Å²) in [5, 5.41) is 0. The van der Waals surface area contributed by atoms with Crippen LogP contribution in [-0.4, -0.2) is 44.2 Å². The van der Waals surface area contributed by atoms with E-state index in [0.29, 0.717) is 36.9 Å². The molecule has 170 valence electrons. The second kappa shape index (κ2) is 8.90. The van der Waals surface area contributed by atoms with Crippen LogP contribution in [0.25, 0.3) is 0 Å². The normalized spacial score (nSPS) is 26.7. The number of carbonyl (C=O) groups is 1. The van der Waals surface area contributed by atoms with Gasteiger partial charge in [0.15, 0.2) is 0 Å². The van der Waals surface area contributed by atoms with E-state index in [1.54, 1.807) is 7.11 Å². The second-order valence-electron chi connectivity index (χ2n) is 10.1. The number of fused-ring (bicyclic) bond motifs is 1. The number of nitrogens with zero attached hydrogens (tertiary/aromatic N) is 1. The average molecular weight is 434 g/mol. The van der Waals surface area contributed by atoms with Crippen molar-refractivity contribution in [2.45, 2.75) is 44.4 Å². The first-order valence-electron chi connectivity index (χ1n) is 12.2. The summed E-state index contributed by atoms with van der Waals surface area (Å²) >= 11 is 0. The van der Waals surface area contributed by atoms with Crippen LogP contribution >= 0.6 is 0 Å². The van der Waals surface area contributed by atoms with Crippen LogP contribution in [0.3, 0.4) is 0 Å². The monoisotopic (exact) mass is 433 g/mol. The van der Waals surface area contributed by atoms with Gasteiger partial charge in [0, 0.05) is 26.3 Å². The zero-order valence-electron chi connectivity index (χ0n) is 19.4. The molecular formula is C28H35NO3. The van der Waals surface area contributed by atoms with E-state index < -0.39 is 5.41 Å². The fourth-order valence-corrected chi connectivity index (χ4v) is 6.42. The molecule has 3 aliphatic rings. The Hall–Kier alpha value is -2.33. The molecule has 2 aromatic carbocycles. The van der Waals surface area contributed by atoms with E-state index >= 15 is 0 Å². The molecule has 0 aromatic heterocycles. The highest BCUT2D eigenvalue weighted by Gasteiger charge is 2.49. The lowest BCUT2D eigenvalue weighted by atomic mass is 9.72. The van der Waals surface area contributed by atoms with E-state index in [0.717, 1.165) is 38.1 Å². The predicted octanol–water partition coefficient (Wildman–Crippen LogP) is 4.78. The maximum atomic E-state index is 14.0. The first kappa shape index (κ1) is 21.5. The molecule has 0 unspecified atom stereocenters. The van der Waals surface area contributed by atoms with E-state index in [1.165, 1.54) is 29.5 Å². The molecule has 3 fully saturated rings. The molecule has 32 heavy (non-hydrogen) atoms. The zero-order valence-corrected chi connectivity index (χ0v) is 19.4. The molecule has 3 atom stereocenters. The molecule has 4 heteroatoms. The number of carbonyl (C=O) groups excluding carboxylic acids is 1. The van der Waals surface area contributed by atoms with Crippen molar-refractivity contribution in [3.8, 4) is 5.75 Å². The summed E-state index contributed by atoms with van der Waals surface area (Å²) in [6.45, 7) is 5.27. The third-order valence-corrected chi connectivity index (χ3v) is 8.28. The van der Waals surface area contributed by atoms with Crippen molar-refractivity contribution in [3.63, 3.8) is 0 Å². The molecule has 4 nitrogen and oxygen atoms in total. The standard InChI is InChI=1S/C28H35NO3/c1-20-6-10-24(11-7-20)28(12-14-32-15-13-28)27(30)29-18-23-9-8-22(26(23)19-29)16-21-4-3-5-25(17-21)31-2/h3-7,10-11,17,22-23,26H,8-9,12-16,18-19H2,1-2H3/t22-,23-,26-/m1/s1. The molecule has 2 aliphatic heterocycles. The van der Waals surface area contributed by atoms with E-state index in [2.05, 4.69) is 54.3 Å². The SMILES string of the molecule is COc1cccc(C[C@H]2CC[C@@H]3CN(C(=O)C4(c5ccc(C)cc5)CCOCC4)C[C@H]23)c1. The lowest BCUT2D eigenvalue weighted by molar-refractivity contribution is -0.140. The number of amides is 1. The minimum absolute atomic E-state index is 0.333. The van der Waals surface area contributed by atoms with Crippen LogP contribution in [0.1, 0.15) is 42.4 Å². The Balaban J connectivity index is 1.33. The van der Waals surface area contributed by atoms with Crippen LogP contribution in [0.5, 0.6) is 5.75 Å². The van der Waals surface area contributed by atoms with Crippen LogP contribution in [0.4, 0.5) is 0 Å². The third kappa shape index (κ3) is 3.94. The zero-order chi connectivity index (χ0) is 22.1. The van der Waals surface area contributed by atoms with Crippen LogP contribution in [-0.2, 0) is 21.4 Å². The van der Waals surface area contributed by atoms with Gasteiger partial charge < -0.3 is 14.4 Å². The fraction of sp³-hybridized carbons (Fsp3) is 0.536. The molecule has 0 bridgehead atoms. The van der Waals surface area contributed by atoms with Gasteiger partial charge in [-0.05, 0) is 80.0 Å². The van der Waals surface area contributed by atoms with Crippen LogP contribution in [0, 0.1) is 24.7 Å². The van der Waals surface area contributed by atoms with Gasteiger partial charge in [0.25, 0.3) is 0 Å². The second-order valence-corrected chi connectivity index (χ2v) is 10.1. The summed E-state index contributed by atoms with van der Waals surface area (Å²) in [6.07, 6.45) is 5.16. The van der Waals surface area contributed by atoms with Gasteiger partial charge in [-0.25, -0.2) is 0 Å². The Kier molecular flexibility index (Phi) is 5.98. The fourth-order valence-electron chi connectivity index (χ4n) is 6.42. The molecule has 0 spiro atoms. The lowest BCUT2D eigenvalue weighted by Crippen LogP contribution is -2.49. The molecule has 0 N–H and O–H groups in total. The number of methoxy groups -OCH3 is 1. The lowest BCUT2D eigenvalue weighted by Gasteiger charge is -2.39. The van der Waals surface area contributed by atoms with Gasteiger partial charge in [0.2, 0.25) is 5.91 Å². The number of hydrogen-bond donors (Lipinski definition) is 0. The average Bonchev–Trinajstić information content (AvgIpc) is 3.41. The summed E-state index contributed by atoms with van der Waals surface area (Å²) in [6, 6.07) is 17.1. The highest BCUT2D eigenvalue weighted by atomic mass is 16.5. The van der Waals surface area contributed by atoms with Crippen LogP contribution in [0.2, 0.25) is 0 Å². The summed E-state index contributed by atoms with van der Waals surface area (Å²) in [5.41, 5.74) is 3.33. The van der Waals surface area contributed by atoms with E-state index in [-0.39, 0.29) is 0 Å². The minimum atomic E-state index is -0.424. The maximum Gasteiger partial charge on any atom is 0.233 e. The largest absolute Gasteiger partial charge is 0.497 e. The van der Waals surface area contributed by atoms with Gasteiger partial charge in [0.1, 0.15) is 5.75 Å². The van der Waals surface area contributed by atoms with E-state index in [1.807, 2.05) is 6.07 Å². The Morgan fingerprint density at radius 1 is 1.09 bits per heavy atom. The van der Waals surface area contributed by atoms with Crippen molar-refractivity contribution < 1.29 is 14.3 Å². The minimum Gasteiger partial charge on any atom is -0.497 e. The molecule has 1 aliphatic carbocycles. The molecule has 1 amide bonds. The molecule has 2 aromatic rings. The summed E-state index contributed by atoms with van der Waals surface area (Å²) in [5.74, 6) is 3.17. The van der Waals surface area contributed by atoms with Gasteiger partial charge in [-0.15, -0.1) is 0 Å². The first-order valence-corrected chi connectivity index (χ1v) is 12.2. The highest BCUT2D eigenvalue weighted by Crippen LogP contribution is 2.46. The molecule has 1 saturated carbocycles. The molecule has 0 radical (unpaired) electrons. The van der Waals surface area contributed by atoms with Crippen molar-refractivity contribution in [2.24, 2.45) is 17.8 Å². The summed E-state index contributed by atoms with van der Waals surface area (Å²) < 4.78 is 11.1. The third-order valence-electron chi connectivity index (χ3n) is 8.28. The van der Waals surface area contributed by atoms with Gasteiger partial charge in [-0.2, -0.15) is 0 Å². The van der Waals surface area contributed by atoms with Gasteiger partial charge in [-0.1, -0.05) is 42.0 Å².